The summed E-state index contributed by atoms with van der Waals surface area (Å²) in [6, 6.07) is 9.18. The van der Waals surface area contributed by atoms with Crippen molar-refractivity contribution in [3.8, 4) is 16.9 Å². The molecule has 0 aliphatic carbocycles. The van der Waals surface area contributed by atoms with Gasteiger partial charge in [-0.15, -0.1) is 0 Å². The predicted molar refractivity (Wildman–Crippen MR) is 121 cm³/mol. The molecule has 0 radical (unpaired) electrons. The molecular weight excluding hydrogens is 428 g/mol. The average molecular weight is 453 g/mol. The number of nitrogens with zero attached hydrogens (tertiary/aromatic N) is 3. The third-order valence-corrected chi connectivity index (χ3v) is 6.25. The normalized spacial score (nSPS) is 15.5. The summed E-state index contributed by atoms with van der Waals surface area (Å²) in [6.07, 6.45) is 2.32. The van der Waals surface area contributed by atoms with Crippen LogP contribution in [0.5, 0.6) is 5.75 Å². The summed E-state index contributed by atoms with van der Waals surface area (Å²) in [5.74, 6) is 0.742. The highest BCUT2D eigenvalue weighted by atomic mass is 19.3. The molecule has 5 rings (SSSR count). The molecule has 0 atom stereocenters. The summed E-state index contributed by atoms with van der Waals surface area (Å²) in [6.45, 7) is 2.05. The summed E-state index contributed by atoms with van der Waals surface area (Å²) in [7, 11) is 1.61. The largest absolute Gasteiger partial charge is 0.491 e. The lowest BCUT2D eigenvalue weighted by Crippen LogP contribution is -2.38. The fourth-order valence-electron chi connectivity index (χ4n) is 4.63. The SMILES string of the molecule is CNC(=O)N1CCOc2ccc(N3CCCc4cc(-c5cn[nH]c5)c(C(F)F)cc43)cc2C1. The molecule has 2 aliphatic heterocycles. The first-order valence-corrected chi connectivity index (χ1v) is 11.0. The lowest BCUT2D eigenvalue weighted by atomic mass is 9.92. The average Bonchev–Trinajstić information content (AvgIpc) is 3.28. The number of ether oxygens (including phenoxy) is 1. The van der Waals surface area contributed by atoms with E-state index in [4.69, 9.17) is 4.74 Å². The van der Waals surface area contributed by atoms with Gasteiger partial charge in [-0.05, 0) is 54.3 Å². The van der Waals surface area contributed by atoms with Crippen molar-refractivity contribution in [3.63, 3.8) is 0 Å². The molecule has 2 amide bonds. The Morgan fingerprint density at radius 3 is 2.85 bits per heavy atom. The minimum atomic E-state index is -2.61. The highest BCUT2D eigenvalue weighted by Gasteiger charge is 2.26. The van der Waals surface area contributed by atoms with Crippen LogP contribution in [-0.2, 0) is 13.0 Å². The molecule has 9 heteroatoms. The van der Waals surface area contributed by atoms with E-state index in [-0.39, 0.29) is 11.6 Å². The quantitative estimate of drug-likeness (QED) is 0.606. The molecule has 1 aromatic heterocycles. The molecule has 33 heavy (non-hydrogen) atoms. The Labute approximate surface area is 190 Å². The van der Waals surface area contributed by atoms with Gasteiger partial charge in [-0.2, -0.15) is 5.10 Å². The highest BCUT2D eigenvalue weighted by Crippen LogP contribution is 2.42. The number of carbonyl (C=O) groups is 1. The monoisotopic (exact) mass is 453 g/mol. The summed E-state index contributed by atoms with van der Waals surface area (Å²) >= 11 is 0. The third kappa shape index (κ3) is 3.99. The van der Waals surface area contributed by atoms with Crippen LogP contribution in [0.1, 0.15) is 29.5 Å². The molecule has 0 saturated heterocycles. The zero-order valence-corrected chi connectivity index (χ0v) is 18.3. The minimum absolute atomic E-state index is 0.00839. The maximum atomic E-state index is 14.0. The maximum Gasteiger partial charge on any atom is 0.317 e. The van der Waals surface area contributed by atoms with E-state index in [1.165, 1.54) is 0 Å². The topological polar surface area (TPSA) is 73.5 Å². The van der Waals surface area contributed by atoms with Gasteiger partial charge in [-0.3, -0.25) is 5.10 Å². The molecule has 0 unspecified atom stereocenters. The summed E-state index contributed by atoms with van der Waals surface area (Å²) in [5, 5.41) is 9.29. The van der Waals surface area contributed by atoms with Gasteiger partial charge >= 0.3 is 6.03 Å². The molecular formula is C24H25F2N5O2. The molecule has 3 aromatic rings. The zero-order valence-electron chi connectivity index (χ0n) is 18.3. The van der Waals surface area contributed by atoms with E-state index in [9.17, 15) is 13.6 Å². The van der Waals surface area contributed by atoms with Crippen molar-refractivity contribution in [1.82, 2.24) is 20.4 Å². The number of amides is 2. The van der Waals surface area contributed by atoms with Gasteiger partial charge in [0.15, 0.2) is 0 Å². The number of fused-ring (bicyclic) bond motifs is 2. The number of aromatic amines is 1. The number of halogens is 2. The van der Waals surface area contributed by atoms with Crippen molar-refractivity contribution in [2.45, 2.75) is 25.8 Å². The number of carbonyl (C=O) groups excluding carboxylic acids is 1. The van der Waals surface area contributed by atoms with Gasteiger partial charge in [-0.25, -0.2) is 13.6 Å². The molecule has 7 nitrogen and oxygen atoms in total. The second-order valence-electron chi connectivity index (χ2n) is 8.23. The standard InChI is InChI=1S/C24H25F2N5O2/c1-27-24(32)30-7-8-33-22-5-4-18(9-16(22)14-30)31-6-2-3-15-10-19(17-12-28-29-13-17)20(23(25)26)11-21(15)31/h4-5,9-13,23H,2-3,6-8,14H2,1H3,(H,27,32)(H,28,29). The van der Waals surface area contributed by atoms with Crippen LogP contribution in [0.2, 0.25) is 0 Å². The number of anilines is 2. The number of rotatable bonds is 3. The molecule has 172 valence electrons. The van der Waals surface area contributed by atoms with Gasteiger partial charge in [0.1, 0.15) is 12.4 Å². The Balaban J connectivity index is 1.54. The number of aromatic nitrogens is 2. The van der Waals surface area contributed by atoms with Crippen molar-refractivity contribution in [2.24, 2.45) is 0 Å². The molecule has 0 bridgehead atoms. The molecule has 3 heterocycles. The van der Waals surface area contributed by atoms with E-state index >= 15 is 0 Å². The Kier molecular flexibility index (Phi) is 5.62. The van der Waals surface area contributed by atoms with Crippen molar-refractivity contribution in [2.75, 3.05) is 31.6 Å². The van der Waals surface area contributed by atoms with Crippen LogP contribution in [0.3, 0.4) is 0 Å². The molecule has 0 spiro atoms. The Morgan fingerprint density at radius 2 is 2.09 bits per heavy atom. The minimum Gasteiger partial charge on any atom is -0.491 e. The second-order valence-corrected chi connectivity index (χ2v) is 8.23. The van der Waals surface area contributed by atoms with Gasteiger partial charge in [-0.1, -0.05) is 0 Å². The number of benzene rings is 2. The van der Waals surface area contributed by atoms with Crippen LogP contribution in [-0.4, -0.2) is 47.9 Å². The van der Waals surface area contributed by atoms with E-state index < -0.39 is 6.43 Å². The van der Waals surface area contributed by atoms with Crippen LogP contribution in [0.4, 0.5) is 25.0 Å². The van der Waals surface area contributed by atoms with Crippen LogP contribution < -0.4 is 15.0 Å². The van der Waals surface area contributed by atoms with Crippen molar-refractivity contribution in [3.05, 3.63) is 59.4 Å². The molecule has 2 aromatic carbocycles. The number of urea groups is 1. The number of hydrogen-bond donors (Lipinski definition) is 2. The fourth-order valence-corrected chi connectivity index (χ4v) is 4.63. The van der Waals surface area contributed by atoms with Gasteiger partial charge < -0.3 is 19.9 Å². The maximum absolute atomic E-state index is 14.0. The molecule has 2 N–H and O–H groups in total. The molecule has 0 fully saturated rings. The molecule has 0 saturated carbocycles. The molecule has 2 aliphatic rings. The van der Waals surface area contributed by atoms with Gasteiger partial charge in [0, 0.05) is 47.9 Å². The van der Waals surface area contributed by atoms with E-state index in [1.54, 1.807) is 30.4 Å². The fraction of sp³-hybridized carbons (Fsp3) is 0.333. The number of hydrogen-bond acceptors (Lipinski definition) is 4. The Bertz CT molecular complexity index is 1170. The zero-order chi connectivity index (χ0) is 22.9. The van der Waals surface area contributed by atoms with Crippen molar-refractivity contribution < 1.29 is 18.3 Å². The first-order chi connectivity index (χ1) is 16.0. The Hall–Kier alpha value is -3.62. The summed E-state index contributed by atoms with van der Waals surface area (Å²) in [4.78, 5) is 16.0. The number of H-pyrrole nitrogens is 1. The smallest absolute Gasteiger partial charge is 0.317 e. The van der Waals surface area contributed by atoms with Crippen molar-refractivity contribution >= 4 is 17.4 Å². The first kappa shape index (κ1) is 21.2. The summed E-state index contributed by atoms with van der Waals surface area (Å²) in [5.41, 5.74) is 4.77. The van der Waals surface area contributed by atoms with Crippen LogP contribution >= 0.6 is 0 Å². The van der Waals surface area contributed by atoms with Gasteiger partial charge in [0.05, 0.1) is 19.3 Å². The van der Waals surface area contributed by atoms with Crippen molar-refractivity contribution in [1.29, 1.82) is 0 Å². The highest BCUT2D eigenvalue weighted by molar-refractivity contribution is 5.77. The van der Waals surface area contributed by atoms with Crippen LogP contribution in [0.25, 0.3) is 11.1 Å². The lowest BCUT2D eigenvalue weighted by molar-refractivity contribution is 0.152. The number of nitrogens with one attached hydrogen (secondary N) is 2. The van der Waals surface area contributed by atoms with E-state index in [2.05, 4.69) is 20.4 Å². The Morgan fingerprint density at radius 1 is 1.21 bits per heavy atom. The van der Waals surface area contributed by atoms with E-state index in [1.807, 2.05) is 24.3 Å². The van der Waals surface area contributed by atoms with Crippen LogP contribution in [0, 0.1) is 0 Å². The predicted octanol–water partition coefficient (Wildman–Crippen LogP) is 4.63. The lowest BCUT2D eigenvalue weighted by Gasteiger charge is -2.33. The number of aryl methyl sites for hydroxylation is 1. The number of alkyl halides is 2. The van der Waals surface area contributed by atoms with E-state index in [0.717, 1.165) is 47.6 Å². The van der Waals surface area contributed by atoms with Gasteiger partial charge in [0.2, 0.25) is 0 Å². The van der Waals surface area contributed by atoms with E-state index in [0.29, 0.717) is 30.8 Å². The van der Waals surface area contributed by atoms with Crippen LogP contribution in [0.15, 0.2) is 42.7 Å². The second kappa shape index (κ2) is 8.73. The van der Waals surface area contributed by atoms with Gasteiger partial charge in [0.25, 0.3) is 6.43 Å². The summed E-state index contributed by atoms with van der Waals surface area (Å²) < 4.78 is 33.9. The third-order valence-electron chi connectivity index (χ3n) is 6.25. The first-order valence-electron chi connectivity index (χ1n) is 11.0.